The average Bonchev–Trinajstić information content (AvgIpc) is 1.87. The van der Waals surface area contributed by atoms with Gasteiger partial charge in [-0.3, -0.25) is 5.32 Å². The second kappa shape index (κ2) is 4.70. The molecule has 9 heavy (non-hydrogen) atoms. The third-order valence-corrected chi connectivity index (χ3v) is 1.37. The zero-order valence-electron chi connectivity index (χ0n) is 6.24. The molecule has 0 aromatic carbocycles. The van der Waals surface area contributed by atoms with Crippen LogP contribution < -0.4 is 10.6 Å². The molecule has 2 unspecified atom stereocenters. The molecule has 0 fully saturated rings. The van der Waals surface area contributed by atoms with Crippen molar-refractivity contribution in [1.82, 2.24) is 10.6 Å². The van der Waals surface area contributed by atoms with E-state index in [1.54, 1.807) is 7.05 Å². The molecule has 0 radical (unpaired) electrons. The Hall–Kier alpha value is -0.150. The standard InChI is InChI=1S/C6H15FN2/c1-5(8-2)4-6(7)9-3/h5-6,8-9H,4H2,1-3H3. The molecule has 56 valence electrons. The summed E-state index contributed by atoms with van der Waals surface area (Å²) in [5.74, 6) is 0. The van der Waals surface area contributed by atoms with Gasteiger partial charge in [-0.1, -0.05) is 0 Å². The van der Waals surface area contributed by atoms with Crippen LogP contribution in [0.25, 0.3) is 0 Å². The molecule has 2 N–H and O–H groups in total. The molecule has 0 spiro atoms. The first-order valence-corrected chi connectivity index (χ1v) is 3.19. The Balaban J connectivity index is 3.22. The first-order chi connectivity index (χ1) is 4.20. The number of halogens is 1. The van der Waals surface area contributed by atoms with Crippen LogP contribution >= 0.6 is 0 Å². The lowest BCUT2D eigenvalue weighted by molar-refractivity contribution is 0.252. The van der Waals surface area contributed by atoms with Crippen molar-refractivity contribution in [3.63, 3.8) is 0 Å². The molecule has 0 aliphatic carbocycles. The van der Waals surface area contributed by atoms with Crippen molar-refractivity contribution >= 4 is 0 Å². The third-order valence-electron chi connectivity index (χ3n) is 1.37. The number of nitrogens with one attached hydrogen (secondary N) is 2. The lowest BCUT2D eigenvalue weighted by Gasteiger charge is -2.12. The van der Waals surface area contributed by atoms with Crippen LogP contribution in [0.4, 0.5) is 4.39 Å². The Morgan fingerprint density at radius 1 is 1.33 bits per heavy atom. The highest BCUT2D eigenvalue weighted by atomic mass is 19.1. The van der Waals surface area contributed by atoms with Crippen molar-refractivity contribution in [3.8, 4) is 0 Å². The van der Waals surface area contributed by atoms with E-state index < -0.39 is 6.30 Å². The second-order valence-electron chi connectivity index (χ2n) is 2.18. The molecule has 0 aromatic rings. The third kappa shape index (κ3) is 4.36. The van der Waals surface area contributed by atoms with Crippen LogP contribution in [0, 0.1) is 0 Å². The summed E-state index contributed by atoms with van der Waals surface area (Å²) in [7, 11) is 3.44. The highest BCUT2D eigenvalue weighted by molar-refractivity contribution is 4.61. The monoisotopic (exact) mass is 134 g/mol. The van der Waals surface area contributed by atoms with E-state index in [2.05, 4.69) is 10.6 Å². The van der Waals surface area contributed by atoms with E-state index in [9.17, 15) is 4.39 Å². The maximum absolute atomic E-state index is 12.4. The van der Waals surface area contributed by atoms with Gasteiger partial charge in [-0.05, 0) is 21.0 Å². The number of hydrogen-bond acceptors (Lipinski definition) is 2. The normalized spacial score (nSPS) is 17.3. The molecule has 0 aromatic heterocycles. The van der Waals surface area contributed by atoms with Crippen molar-refractivity contribution in [1.29, 1.82) is 0 Å². The molecule has 0 amide bonds. The number of rotatable bonds is 4. The Bertz CT molecular complexity index is 60.1. The predicted octanol–water partition coefficient (Wildman–Crippen LogP) is 0.499. The summed E-state index contributed by atoms with van der Waals surface area (Å²) in [4.78, 5) is 0. The van der Waals surface area contributed by atoms with Crippen molar-refractivity contribution in [2.75, 3.05) is 14.1 Å². The van der Waals surface area contributed by atoms with E-state index in [0.717, 1.165) is 0 Å². The fourth-order valence-electron chi connectivity index (χ4n) is 0.546. The minimum absolute atomic E-state index is 0.243. The van der Waals surface area contributed by atoms with Crippen LogP contribution in [0.3, 0.4) is 0 Å². The van der Waals surface area contributed by atoms with Gasteiger partial charge in [-0.25, -0.2) is 4.39 Å². The topological polar surface area (TPSA) is 24.1 Å². The second-order valence-corrected chi connectivity index (χ2v) is 2.18. The van der Waals surface area contributed by atoms with Gasteiger partial charge in [0.2, 0.25) is 0 Å². The molecule has 2 nitrogen and oxygen atoms in total. The van der Waals surface area contributed by atoms with Crippen LogP contribution in [0.15, 0.2) is 0 Å². The smallest absolute Gasteiger partial charge is 0.152 e. The van der Waals surface area contributed by atoms with E-state index in [4.69, 9.17) is 0 Å². The van der Waals surface area contributed by atoms with Crippen LogP contribution in [-0.2, 0) is 0 Å². The van der Waals surface area contributed by atoms with Crippen molar-refractivity contribution in [2.45, 2.75) is 25.7 Å². The first-order valence-electron chi connectivity index (χ1n) is 3.19. The molecule has 0 bridgehead atoms. The summed E-state index contributed by atoms with van der Waals surface area (Å²) in [6.45, 7) is 1.95. The molecule has 2 atom stereocenters. The Morgan fingerprint density at radius 2 is 1.89 bits per heavy atom. The van der Waals surface area contributed by atoms with Crippen molar-refractivity contribution in [2.24, 2.45) is 0 Å². The summed E-state index contributed by atoms with van der Waals surface area (Å²) < 4.78 is 12.4. The number of alkyl halides is 1. The van der Waals surface area contributed by atoms with Gasteiger partial charge >= 0.3 is 0 Å². The summed E-state index contributed by atoms with van der Waals surface area (Å²) in [5.41, 5.74) is 0. The molecular weight excluding hydrogens is 119 g/mol. The average molecular weight is 134 g/mol. The zero-order valence-corrected chi connectivity index (χ0v) is 6.24. The zero-order chi connectivity index (χ0) is 7.28. The minimum atomic E-state index is -0.882. The Kier molecular flexibility index (Phi) is 4.62. The molecule has 0 saturated heterocycles. The van der Waals surface area contributed by atoms with Gasteiger partial charge in [0.25, 0.3) is 0 Å². The summed E-state index contributed by atoms with van der Waals surface area (Å²) in [6, 6.07) is 0.243. The molecule has 3 heteroatoms. The van der Waals surface area contributed by atoms with Gasteiger partial charge in [0.15, 0.2) is 6.30 Å². The van der Waals surface area contributed by atoms with Crippen molar-refractivity contribution in [3.05, 3.63) is 0 Å². The SMILES string of the molecule is CNC(C)CC(F)NC. The van der Waals surface area contributed by atoms with Gasteiger partial charge in [-0.2, -0.15) is 0 Å². The lowest BCUT2D eigenvalue weighted by Crippen LogP contribution is -2.30. The molecule has 0 rings (SSSR count). The van der Waals surface area contributed by atoms with Crippen LogP contribution in [0.2, 0.25) is 0 Å². The van der Waals surface area contributed by atoms with E-state index in [1.807, 2.05) is 14.0 Å². The predicted molar refractivity (Wildman–Crippen MR) is 37.1 cm³/mol. The van der Waals surface area contributed by atoms with Crippen LogP contribution in [0.1, 0.15) is 13.3 Å². The Morgan fingerprint density at radius 3 is 2.22 bits per heavy atom. The van der Waals surface area contributed by atoms with Crippen LogP contribution in [-0.4, -0.2) is 26.4 Å². The Labute approximate surface area is 55.8 Å². The molecule has 0 aliphatic rings. The molecule has 0 heterocycles. The fraction of sp³-hybridized carbons (Fsp3) is 1.00. The largest absolute Gasteiger partial charge is 0.317 e. The molecular formula is C6H15FN2. The highest BCUT2D eigenvalue weighted by Crippen LogP contribution is 1.96. The van der Waals surface area contributed by atoms with Crippen molar-refractivity contribution < 1.29 is 4.39 Å². The van der Waals surface area contributed by atoms with Gasteiger partial charge in [0.1, 0.15) is 0 Å². The van der Waals surface area contributed by atoms with E-state index in [0.29, 0.717) is 6.42 Å². The van der Waals surface area contributed by atoms with Gasteiger partial charge < -0.3 is 5.32 Å². The lowest BCUT2D eigenvalue weighted by atomic mass is 10.2. The van der Waals surface area contributed by atoms with Gasteiger partial charge in [0.05, 0.1) is 0 Å². The first kappa shape index (κ1) is 8.85. The minimum Gasteiger partial charge on any atom is -0.317 e. The quantitative estimate of drug-likeness (QED) is 0.547. The molecule has 0 saturated carbocycles. The number of hydrogen-bond donors (Lipinski definition) is 2. The van der Waals surface area contributed by atoms with Gasteiger partial charge in [-0.15, -0.1) is 0 Å². The fourth-order valence-corrected chi connectivity index (χ4v) is 0.546. The van der Waals surface area contributed by atoms with E-state index >= 15 is 0 Å². The van der Waals surface area contributed by atoms with E-state index in [-0.39, 0.29) is 6.04 Å². The van der Waals surface area contributed by atoms with Gasteiger partial charge in [0, 0.05) is 12.5 Å². The maximum atomic E-state index is 12.4. The summed E-state index contributed by atoms with van der Waals surface area (Å²) in [6.07, 6.45) is -0.361. The summed E-state index contributed by atoms with van der Waals surface area (Å²) in [5, 5.41) is 5.47. The highest BCUT2D eigenvalue weighted by Gasteiger charge is 2.06. The maximum Gasteiger partial charge on any atom is 0.152 e. The van der Waals surface area contributed by atoms with E-state index in [1.165, 1.54) is 0 Å². The molecule has 0 aliphatic heterocycles. The van der Waals surface area contributed by atoms with Crippen LogP contribution in [0.5, 0.6) is 0 Å². The summed E-state index contributed by atoms with van der Waals surface area (Å²) >= 11 is 0.